The summed E-state index contributed by atoms with van der Waals surface area (Å²) in [4.78, 5) is 25.2. The number of benzene rings is 1. The van der Waals surface area contributed by atoms with Gasteiger partial charge in [-0.2, -0.15) is 9.61 Å². The first-order chi connectivity index (χ1) is 13.7. The normalized spacial score (nSPS) is 14.6. The van der Waals surface area contributed by atoms with Gasteiger partial charge in [0.15, 0.2) is 0 Å². The lowest BCUT2D eigenvalue weighted by atomic mass is 10.0. The predicted molar refractivity (Wildman–Crippen MR) is 107 cm³/mol. The molecule has 1 saturated carbocycles. The van der Waals surface area contributed by atoms with Gasteiger partial charge in [0.1, 0.15) is 11.2 Å². The molecule has 0 amide bonds. The monoisotopic (exact) mass is 379 g/mol. The first-order valence-corrected chi connectivity index (χ1v) is 10.0. The van der Waals surface area contributed by atoms with Crippen molar-refractivity contribution in [2.45, 2.75) is 51.5 Å². The molecule has 1 aliphatic carbocycles. The van der Waals surface area contributed by atoms with Crippen molar-refractivity contribution in [3.63, 3.8) is 0 Å². The number of aromatic nitrogens is 3. The molecule has 0 atom stereocenters. The van der Waals surface area contributed by atoms with Crippen molar-refractivity contribution in [2.24, 2.45) is 0 Å². The molecule has 28 heavy (non-hydrogen) atoms. The zero-order valence-electron chi connectivity index (χ0n) is 16.1. The maximum atomic E-state index is 12.9. The van der Waals surface area contributed by atoms with Gasteiger partial charge in [-0.25, -0.2) is 4.79 Å². The molecule has 0 bridgehead atoms. The number of rotatable bonds is 6. The molecule has 1 aliphatic rings. The molecular weight excluding hydrogens is 354 g/mol. The fourth-order valence-electron chi connectivity index (χ4n) is 3.98. The van der Waals surface area contributed by atoms with E-state index in [1.807, 2.05) is 28.8 Å². The van der Waals surface area contributed by atoms with Crippen molar-refractivity contribution in [2.75, 3.05) is 6.61 Å². The first-order valence-electron chi connectivity index (χ1n) is 10.0. The van der Waals surface area contributed by atoms with Gasteiger partial charge in [-0.15, -0.1) is 0 Å². The number of nitrogens with zero attached hydrogens (tertiary/aromatic N) is 3. The van der Waals surface area contributed by atoms with Crippen molar-refractivity contribution in [3.05, 3.63) is 69.8 Å². The zero-order chi connectivity index (χ0) is 19.5. The van der Waals surface area contributed by atoms with Crippen LogP contribution in [0.4, 0.5) is 0 Å². The van der Waals surface area contributed by atoms with Crippen LogP contribution in [-0.2, 0) is 17.7 Å². The summed E-state index contributed by atoms with van der Waals surface area (Å²) in [6, 6.07) is 12.2. The highest BCUT2D eigenvalue weighted by molar-refractivity contribution is 5.88. The van der Waals surface area contributed by atoms with Gasteiger partial charge >= 0.3 is 5.97 Å². The zero-order valence-corrected chi connectivity index (χ0v) is 16.1. The predicted octanol–water partition coefficient (Wildman–Crippen LogP) is 3.57. The van der Waals surface area contributed by atoms with Gasteiger partial charge in [0.25, 0.3) is 5.56 Å². The SMILES string of the molecule is CCOC(=O)c1cn(CCc2ccccc2)c2cc(C3CCCC3)nn2c1=O. The Morgan fingerprint density at radius 2 is 1.96 bits per heavy atom. The fraction of sp³-hybridized carbons (Fsp3) is 0.409. The van der Waals surface area contributed by atoms with Crippen molar-refractivity contribution >= 4 is 11.6 Å². The third-order valence-corrected chi connectivity index (χ3v) is 5.46. The molecule has 6 heteroatoms. The highest BCUT2D eigenvalue weighted by Crippen LogP contribution is 2.33. The van der Waals surface area contributed by atoms with Crippen molar-refractivity contribution in [1.29, 1.82) is 0 Å². The second kappa shape index (κ2) is 8.00. The van der Waals surface area contributed by atoms with E-state index in [1.165, 1.54) is 22.9 Å². The van der Waals surface area contributed by atoms with Gasteiger partial charge in [0.2, 0.25) is 0 Å². The Bertz CT molecular complexity index is 1030. The standard InChI is InChI=1S/C22H25N3O3/c1-2-28-22(27)18-15-24(13-12-16-8-4-3-5-9-16)20-14-19(17-10-6-7-11-17)23-25(20)21(18)26/h3-5,8-9,14-15,17H,2,6-7,10-13H2,1H3. The maximum Gasteiger partial charge on any atom is 0.345 e. The summed E-state index contributed by atoms with van der Waals surface area (Å²) in [7, 11) is 0. The molecule has 0 spiro atoms. The maximum absolute atomic E-state index is 12.9. The summed E-state index contributed by atoms with van der Waals surface area (Å²) in [5, 5.41) is 4.59. The van der Waals surface area contributed by atoms with Crippen LogP contribution in [0.1, 0.15) is 60.1 Å². The Hall–Kier alpha value is -2.89. The van der Waals surface area contributed by atoms with E-state index in [0.29, 0.717) is 12.5 Å². The number of ether oxygens (including phenoxy) is 1. The molecule has 0 aliphatic heterocycles. The molecule has 146 valence electrons. The molecule has 6 nitrogen and oxygen atoms in total. The fourth-order valence-corrected chi connectivity index (χ4v) is 3.98. The first kappa shape index (κ1) is 18.5. The Kier molecular flexibility index (Phi) is 5.28. The quantitative estimate of drug-likeness (QED) is 0.614. The topological polar surface area (TPSA) is 65.6 Å². The summed E-state index contributed by atoms with van der Waals surface area (Å²) >= 11 is 0. The van der Waals surface area contributed by atoms with E-state index in [4.69, 9.17) is 4.74 Å². The lowest BCUT2D eigenvalue weighted by Crippen LogP contribution is -2.27. The van der Waals surface area contributed by atoms with Crippen molar-refractivity contribution in [3.8, 4) is 0 Å². The van der Waals surface area contributed by atoms with Crippen LogP contribution >= 0.6 is 0 Å². The van der Waals surface area contributed by atoms with E-state index in [9.17, 15) is 9.59 Å². The Labute approximate surface area is 163 Å². The molecule has 0 radical (unpaired) electrons. The number of hydrogen-bond acceptors (Lipinski definition) is 4. The molecule has 2 aromatic heterocycles. The third kappa shape index (κ3) is 3.59. The summed E-state index contributed by atoms with van der Waals surface area (Å²) in [5.74, 6) is -0.200. The second-order valence-electron chi connectivity index (χ2n) is 7.32. The Morgan fingerprint density at radius 1 is 1.21 bits per heavy atom. The molecule has 4 rings (SSSR count). The summed E-state index contributed by atoms with van der Waals surface area (Å²) < 4.78 is 8.42. The van der Waals surface area contributed by atoms with Crippen LogP contribution in [0.3, 0.4) is 0 Å². The van der Waals surface area contributed by atoms with E-state index in [0.717, 1.165) is 30.6 Å². The average molecular weight is 379 g/mol. The summed E-state index contributed by atoms with van der Waals surface area (Å²) in [6.45, 7) is 2.61. The van der Waals surface area contributed by atoms with Crippen molar-refractivity contribution < 1.29 is 9.53 Å². The molecule has 0 saturated heterocycles. The van der Waals surface area contributed by atoms with E-state index >= 15 is 0 Å². The highest BCUT2D eigenvalue weighted by atomic mass is 16.5. The molecule has 2 heterocycles. The minimum Gasteiger partial charge on any atom is -0.462 e. The number of carbonyl (C=O) groups is 1. The van der Waals surface area contributed by atoms with Gasteiger partial charge in [-0.05, 0) is 31.7 Å². The van der Waals surface area contributed by atoms with Crippen molar-refractivity contribution in [1.82, 2.24) is 14.2 Å². The van der Waals surface area contributed by atoms with Crippen LogP contribution in [0.15, 0.2) is 47.4 Å². The van der Waals surface area contributed by atoms with Crippen LogP contribution in [0, 0.1) is 0 Å². The third-order valence-electron chi connectivity index (χ3n) is 5.46. The van der Waals surface area contributed by atoms with Gasteiger partial charge in [0.05, 0.1) is 12.3 Å². The summed E-state index contributed by atoms with van der Waals surface area (Å²) in [6.07, 6.45) is 7.03. The summed E-state index contributed by atoms with van der Waals surface area (Å²) in [5.41, 5.74) is 2.50. The van der Waals surface area contributed by atoms with Crippen LogP contribution in [-0.4, -0.2) is 26.8 Å². The number of esters is 1. The van der Waals surface area contributed by atoms with E-state index in [-0.39, 0.29) is 12.2 Å². The number of fused-ring (bicyclic) bond motifs is 1. The highest BCUT2D eigenvalue weighted by Gasteiger charge is 2.23. The van der Waals surface area contributed by atoms with Gasteiger partial charge in [-0.3, -0.25) is 4.79 Å². The number of aryl methyl sites for hydroxylation is 2. The smallest absolute Gasteiger partial charge is 0.345 e. The minimum absolute atomic E-state index is 0.0310. The molecular formula is C22H25N3O3. The van der Waals surface area contributed by atoms with Crippen LogP contribution in [0.25, 0.3) is 5.65 Å². The lowest BCUT2D eigenvalue weighted by molar-refractivity contribution is 0.0522. The molecule has 1 aromatic carbocycles. The second-order valence-corrected chi connectivity index (χ2v) is 7.32. The van der Waals surface area contributed by atoms with E-state index < -0.39 is 11.5 Å². The number of carbonyl (C=O) groups excluding carboxylic acids is 1. The average Bonchev–Trinajstić information content (AvgIpc) is 3.38. The molecule has 0 N–H and O–H groups in total. The Balaban J connectivity index is 1.76. The molecule has 3 aromatic rings. The van der Waals surface area contributed by atoms with E-state index in [2.05, 4.69) is 17.2 Å². The molecule has 0 unspecified atom stereocenters. The van der Waals surface area contributed by atoms with E-state index in [1.54, 1.807) is 13.1 Å². The van der Waals surface area contributed by atoms with Gasteiger partial charge in [0, 0.05) is 24.7 Å². The Morgan fingerprint density at radius 3 is 2.68 bits per heavy atom. The number of hydrogen-bond donors (Lipinski definition) is 0. The lowest BCUT2D eigenvalue weighted by Gasteiger charge is -2.11. The molecule has 1 fully saturated rings. The van der Waals surface area contributed by atoms with Crippen LogP contribution in [0.5, 0.6) is 0 Å². The van der Waals surface area contributed by atoms with Gasteiger partial charge < -0.3 is 9.30 Å². The largest absolute Gasteiger partial charge is 0.462 e. The minimum atomic E-state index is -0.597. The van der Waals surface area contributed by atoms with Crippen LogP contribution < -0.4 is 5.56 Å². The van der Waals surface area contributed by atoms with Crippen LogP contribution in [0.2, 0.25) is 0 Å². The van der Waals surface area contributed by atoms with Gasteiger partial charge in [-0.1, -0.05) is 43.2 Å².